The van der Waals surface area contributed by atoms with Crippen LogP contribution in [-0.4, -0.2) is 75.7 Å². The van der Waals surface area contributed by atoms with Crippen LogP contribution in [0.4, 0.5) is 35.1 Å². The van der Waals surface area contributed by atoms with Gasteiger partial charge in [0.2, 0.25) is 15.9 Å². The maximum absolute atomic E-state index is 14.9. The number of carbonyl (C=O) groups is 1. The largest absolute Gasteiger partial charge is 0.435 e. The number of hydrogen-bond donors (Lipinski definition) is 0. The minimum atomic E-state index is -6.39. The molecule has 2 aromatic carbocycles. The summed E-state index contributed by atoms with van der Waals surface area (Å²) in [5.41, 5.74) is -8.02. The maximum atomic E-state index is 14.9. The van der Waals surface area contributed by atoms with Gasteiger partial charge in [-0.15, -0.1) is 0 Å². The van der Waals surface area contributed by atoms with Crippen molar-refractivity contribution >= 4 is 25.8 Å². The lowest BCUT2D eigenvalue weighted by Crippen LogP contribution is -2.55. The van der Waals surface area contributed by atoms with E-state index in [1.807, 2.05) is 0 Å². The van der Waals surface area contributed by atoms with E-state index >= 15 is 0 Å². The number of sulfonamides is 1. The Labute approximate surface area is 241 Å². The van der Waals surface area contributed by atoms with Crippen LogP contribution in [0.25, 0.3) is 0 Å². The first-order valence-electron chi connectivity index (χ1n) is 12.9. The highest BCUT2D eigenvalue weighted by atomic mass is 32.2. The van der Waals surface area contributed by atoms with Gasteiger partial charge in [0.1, 0.15) is 16.6 Å². The molecule has 2 aliphatic heterocycles. The van der Waals surface area contributed by atoms with Crippen molar-refractivity contribution in [3.63, 3.8) is 0 Å². The Balaban J connectivity index is 1.68. The molecule has 2 saturated heterocycles. The van der Waals surface area contributed by atoms with Gasteiger partial charge in [0.25, 0.3) is 0 Å². The molecular weight excluding hydrogens is 636 g/mol. The van der Waals surface area contributed by atoms with Gasteiger partial charge in [-0.2, -0.15) is 30.6 Å². The molecule has 0 saturated carbocycles. The molecule has 17 heteroatoms. The Morgan fingerprint density at radius 2 is 1.56 bits per heavy atom. The first-order chi connectivity index (χ1) is 19.7. The van der Waals surface area contributed by atoms with Crippen molar-refractivity contribution < 1.29 is 56.8 Å². The van der Waals surface area contributed by atoms with Gasteiger partial charge in [-0.1, -0.05) is 18.2 Å². The van der Waals surface area contributed by atoms with Crippen LogP contribution in [0.3, 0.4) is 0 Å². The van der Waals surface area contributed by atoms with E-state index in [-0.39, 0.29) is 55.2 Å². The summed E-state index contributed by atoms with van der Waals surface area (Å²) in [6.45, 7) is -0.242. The van der Waals surface area contributed by atoms with Crippen LogP contribution in [0.15, 0.2) is 47.4 Å². The van der Waals surface area contributed by atoms with Gasteiger partial charge in [0.05, 0.1) is 16.7 Å². The summed E-state index contributed by atoms with van der Waals surface area (Å²) in [7, 11) is -7.20. The first kappa shape index (κ1) is 31.6. The van der Waals surface area contributed by atoms with E-state index in [0.717, 1.165) is 28.6 Å². The number of alkyl halides is 7. The number of benzene rings is 2. The quantitative estimate of drug-likeness (QED) is 0.359. The lowest BCUT2D eigenvalue weighted by atomic mass is 9.76. The van der Waals surface area contributed by atoms with Crippen molar-refractivity contribution in [2.24, 2.45) is 0 Å². The molecule has 2 heterocycles. The molecule has 0 bridgehead atoms. The lowest BCUT2D eigenvalue weighted by Gasteiger charge is -2.43. The third-order valence-corrected chi connectivity index (χ3v) is 13.2. The molecule has 3 aliphatic rings. The zero-order valence-electron chi connectivity index (χ0n) is 22.2. The number of halogens is 8. The smallest absolute Gasteiger partial charge is 0.336 e. The van der Waals surface area contributed by atoms with E-state index in [1.165, 1.54) is 11.9 Å². The summed E-state index contributed by atoms with van der Waals surface area (Å²) in [6.07, 6.45) is -13.8. The number of aryl methyl sites for hydroxylation is 1. The number of likely N-dealkylation sites (tertiary alicyclic amines) is 1. The number of hydrogen-bond acceptors (Lipinski definition) is 5. The maximum Gasteiger partial charge on any atom is 0.435 e. The second-order valence-electron chi connectivity index (χ2n) is 10.8. The number of likely N-dealkylation sites (N-methyl/N-ethyl adjacent to an activating group) is 1. The average Bonchev–Trinajstić information content (AvgIpc) is 3.44. The second kappa shape index (κ2) is 9.86. The number of carbonyl (C=O) groups excluding carboxylic acids is 1. The summed E-state index contributed by atoms with van der Waals surface area (Å²) in [5, 5.41) is 0. The summed E-state index contributed by atoms with van der Waals surface area (Å²) >= 11 is 0. The molecule has 5 rings (SSSR count). The van der Waals surface area contributed by atoms with E-state index in [0.29, 0.717) is 12.1 Å². The van der Waals surface area contributed by atoms with E-state index in [4.69, 9.17) is 0 Å². The van der Waals surface area contributed by atoms with Gasteiger partial charge in [-0.25, -0.2) is 25.6 Å². The van der Waals surface area contributed by atoms with Crippen molar-refractivity contribution in [3.8, 4) is 0 Å². The zero-order valence-corrected chi connectivity index (χ0v) is 23.8. The molecule has 3 atom stereocenters. The fraction of sp³-hybridized carbons (Fsp3) is 0.500. The summed E-state index contributed by atoms with van der Waals surface area (Å²) in [4.78, 5) is 14.4. The SMILES string of the molecule is CN1C(C(=O)N2CC[C@@]3(S(=O)(=O)c4ccc(F)cc4)c4ccc(C(F)(C(F)(F)F)C(F)(F)F)cc4CC[C@@H]23)CCS1(=O)=O. The molecule has 43 heavy (non-hydrogen) atoms. The molecule has 2 aromatic rings. The molecule has 7 nitrogen and oxygen atoms in total. The van der Waals surface area contributed by atoms with Crippen LogP contribution in [0.2, 0.25) is 0 Å². The Morgan fingerprint density at radius 3 is 2.09 bits per heavy atom. The van der Waals surface area contributed by atoms with E-state index < -0.39 is 76.9 Å². The van der Waals surface area contributed by atoms with Crippen LogP contribution >= 0.6 is 0 Å². The van der Waals surface area contributed by atoms with Crippen LogP contribution in [0, 0.1) is 5.82 Å². The van der Waals surface area contributed by atoms with E-state index in [2.05, 4.69) is 0 Å². The van der Waals surface area contributed by atoms with Gasteiger partial charge in [0.15, 0.2) is 9.84 Å². The van der Waals surface area contributed by atoms with Crippen molar-refractivity contribution in [3.05, 3.63) is 65.0 Å². The van der Waals surface area contributed by atoms with Crippen molar-refractivity contribution in [1.29, 1.82) is 0 Å². The number of nitrogens with zero attached hydrogens (tertiary/aromatic N) is 2. The molecule has 1 aliphatic carbocycles. The van der Waals surface area contributed by atoms with Crippen molar-refractivity contribution in [2.45, 2.75) is 65.4 Å². The van der Waals surface area contributed by atoms with Gasteiger partial charge >= 0.3 is 18.0 Å². The number of amides is 1. The van der Waals surface area contributed by atoms with E-state index in [9.17, 15) is 56.8 Å². The monoisotopic (exact) mass is 660 g/mol. The third-order valence-electron chi connectivity index (χ3n) is 8.76. The number of fused-ring (bicyclic) bond motifs is 3. The average molecular weight is 661 g/mol. The molecule has 0 aromatic heterocycles. The standard InChI is InChI=1S/C26H24F8N2O5S2/c1-35-20(10-13-42(35,38)39)22(37)36-12-11-23(43(40,41)18-6-4-17(27)5-7-18)19-8-3-16(14-15(19)2-9-21(23)36)24(28,25(29,30)31)26(32,33)34/h3-8,14,20-21H,2,9-13H2,1H3/t20?,21-,23-/m1/s1. The van der Waals surface area contributed by atoms with Crippen LogP contribution in [-0.2, 0) is 41.5 Å². The highest BCUT2D eigenvalue weighted by Crippen LogP contribution is 2.56. The molecule has 236 valence electrons. The van der Waals surface area contributed by atoms with Gasteiger partial charge < -0.3 is 4.90 Å². The second-order valence-corrected chi connectivity index (χ2v) is 15.2. The first-order valence-corrected chi connectivity index (χ1v) is 16.0. The lowest BCUT2D eigenvalue weighted by molar-refractivity contribution is -0.348. The molecular formula is C26H24F8N2O5S2. The Kier molecular flexibility index (Phi) is 7.25. The van der Waals surface area contributed by atoms with Gasteiger partial charge in [0, 0.05) is 19.2 Å². The minimum absolute atomic E-state index is 0.0774. The Morgan fingerprint density at radius 1 is 0.953 bits per heavy atom. The zero-order chi connectivity index (χ0) is 32.0. The Bertz CT molecular complexity index is 1660. The highest BCUT2D eigenvalue weighted by Gasteiger charge is 2.74. The Hall–Kier alpha value is -2.79. The highest BCUT2D eigenvalue weighted by molar-refractivity contribution is 7.92. The van der Waals surface area contributed by atoms with Crippen LogP contribution < -0.4 is 0 Å². The molecule has 1 unspecified atom stereocenters. The molecule has 0 radical (unpaired) electrons. The van der Waals surface area contributed by atoms with Gasteiger partial charge in [-0.3, -0.25) is 4.79 Å². The predicted octanol–water partition coefficient (Wildman–Crippen LogP) is 4.37. The molecule has 0 N–H and O–H groups in total. The molecule has 2 fully saturated rings. The summed E-state index contributed by atoms with van der Waals surface area (Å²) < 4.78 is 162. The summed E-state index contributed by atoms with van der Waals surface area (Å²) in [6, 6.07) is 2.54. The topological polar surface area (TPSA) is 91.8 Å². The van der Waals surface area contributed by atoms with Crippen LogP contribution in [0.1, 0.15) is 36.0 Å². The van der Waals surface area contributed by atoms with Crippen molar-refractivity contribution in [1.82, 2.24) is 9.21 Å². The fourth-order valence-electron chi connectivity index (χ4n) is 6.57. The number of rotatable bonds is 4. The normalized spacial score (nSPS) is 26.3. The van der Waals surface area contributed by atoms with Gasteiger partial charge in [-0.05, 0) is 61.1 Å². The molecule has 1 amide bonds. The van der Waals surface area contributed by atoms with Crippen LogP contribution in [0.5, 0.6) is 0 Å². The molecule has 0 spiro atoms. The number of sulfone groups is 1. The van der Waals surface area contributed by atoms with Crippen molar-refractivity contribution in [2.75, 3.05) is 19.3 Å². The fourth-order valence-corrected chi connectivity index (χ4v) is 10.3. The van der Waals surface area contributed by atoms with E-state index in [1.54, 1.807) is 0 Å². The minimum Gasteiger partial charge on any atom is -0.336 e. The predicted molar refractivity (Wildman–Crippen MR) is 135 cm³/mol. The summed E-state index contributed by atoms with van der Waals surface area (Å²) in [5.74, 6) is -1.82. The third kappa shape index (κ3) is 4.47.